The fourth-order valence-electron chi connectivity index (χ4n) is 1.55. The summed E-state index contributed by atoms with van der Waals surface area (Å²) in [6.07, 6.45) is 0. The summed E-state index contributed by atoms with van der Waals surface area (Å²) in [7, 11) is 0. The molecule has 0 saturated heterocycles. The summed E-state index contributed by atoms with van der Waals surface area (Å²) in [5.74, 6) is -0.740. The second-order valence-corrected chi connectivity index (χ2v) is 3.96. The lowest BCUT2D eigenvalue weighted by molar-refractivity contribution is 0.0999. The summed E-state index contributed by atoms with van der Waals surface area (Å²) >= 11 is 0. The fourth-order valence-corrected chi connectivity index (χ4v) is 1.55. The Hall–Kier alpha value is -2.56. The summed E-state index contributed by atoms with van der Waals surface area (Å²) < 4.78 is 19.0. The summed E-state index contributed by atoms with van der Waals surface area (Å²) in [6.45, 7) is -0.00563. The molecule has 0 aliphatic carbocycles. The molecule has 3 N–H and O–H groups in total. The first kappa shape index (κ1) is 12.9. The van der Waals surface area contributed by atoms with Gasteiger partial charge in [-0.3, -0.25) is 4.79 Å². The highest BCUT2D eigenvalue weighted by Gasteiger charge is 2.07. The molecule has 0 spiro atoms. The quantitative estimate of drug-likeness (QED) is 0.886. The van der Waals surface area contributed by atoms with Gasteiger partial charge in [0.25, 0.3) is 0 Å². The fraction of sp³-hybridized carbons (Fsp3) is 0.0714. The van der Waals surface area contributed by atoms with Crippen LogP contribution in [0.5, 0.6) is 11.5 Å². The van der Waals surface area contributed by atoms with Crippen LogP contribution in [0.2, 0.25) is 0 Å². The molecule has 2 aromatic carbocycles. The Morgan fingerprint density at radius 1 is 1.26 bits per heavy atom. The third kappa shape index (κ3) is 3.22. The van der Waals surface area contributed by atoms with Crippen molar-refractivity contribution in [3.8, 4) is 11.5 Å². The van der Waals surface area contributed by atoms with Crippen LogP contribution in [0, 0.1) is 5.82 Å². The zero-order valence-electron chi connectivity index (χ0n) is 9.97. The second-order valence-electron chi connectivity index (χ2n) is 3.96. The highest BCUT2D eigenvalue weighted by Crippen LogP contribution is 2.19. The molecule has 0 aliphatic heterocycles. The van der Waals surface area contributed by atoms with Crippen molar-refractivity contribution in [3.05, 3.63) is 59.4 Å². The molecule has 98 valence electrons. The van der Waals surface area contributed by atoms with Crippen LogP contribution in [0.1, 0.15) is 15.9 Å². The average molecular weight is 261 g/mol. The van der Waals surface area contributed by atoms with Crippen LogP contribution in [0.15, 0.2) is 42.5 Å². The number of phenolic OH excluding ortho intramolecular Hbond substituents is 1. The number of amides is 1. The molecule has 0 heterocycles. The molecule has 4 nitrogen and oxygen atoms in total. The van der Waals surface area contributed by atoms with Crippen molar-refractivity contribution in [3.63, 3.8) is 0 Å². The number of aromatic hydroxyl groups is 1. The SMILES string of the molecule is NC(=O)c1ccc(COc2cccc(O)c2)c(F)c1. The highest BCUT2D eigenvalue weighted by molar-refractivity contribution is 5.92. The van der Waals surface area contributed by atoms with Crippen molar-refractivity contribution in [1.29, 1.82) is 0 Å². The topological polar surface area (TPSA) is 72.6 Å². The maximum atomic E-state index is 13.7. The molecule has 1 amide bonds. The molecule has 5 heteroatoms. The third-order valence-corrected chi connectivity index (χ3v) is 2.55. The normalized spacial score (nSPS) is 10.2. The molecule has 0 radical (unpaired) electrons. The van der Waals surface area contributed by atoms with Crippen LogP contribution < -0.4 is 10.5 Å². The lowest BCUT2D eigenvalue weighted by Gasteiger charge is -2.08. The van der Waals surface area contributed by atoms with Crippen molar-refractivity contribution in [2.75, 3.05) is 0 Å². The van der Waals surface area contributed by atoms with E-state index >= 15 is 0 Å². The van der Waals surface area contributed by atoms with Gasteiger partial charge in [0.2, 0.25) is 5.91 Å². The Morgan fingerprint density at radius 2 is 2.05 bits per heavy atom. The van der Waals surface area contributed by atoms with Gasteiger partial charge in [-0.2, -0.15) is 0 Å². The summed E-state index contributed by atoms with van der Waals surface area (Å²) in [5.41, 5.74) is 5.46. The minimum Gasteiger partial charge on any atom is -0.508 e. The number of primary amides is 1. The largest absolute Gasteiger partial charge is 0.508 e. The number of hydrogen-bond donors (Lipinski definition) is 2. The van der Waals surface area contributed by atoms with Gasteiger partial charge < -0.3 is 15.6 Å². The molecule has 0 aromatic heterocycles. The number of halogens is 1. The highest BCUT2D eigenvalue weighted by atomic mass is 19.1. The van der Waals surface area contributed by atoms with E-state index in [1.54, 1.807) is 12.1 Å². The number of rotatable bonds is 4. The van der Waals surface area contributed by atoms with Crippen molar-refractivity contribution < 1.29 is 19.0 Å². The molecule has 0 saturated carbocycles. The Labute approximate surface area is 109 Å². The molecule has 0 unspecified atom stereocenters. The van der Waals surface area contributed by atoms with Gasteiger partial charge in [-0.05, 0) is 24.3 Å². The van der Waals surface area contributed by atoms with E-state index in [2.05, 4.69) is 0 Å². The maximum absolute atomic E-state index is 13.7. The lowest BCUT2D eigenvalue weighted by Crippen LogP contribution is -2.11. The van der Waals surface area contributed by atoms with Crippen LogP contribution in [0.25, 0.3) is 0 Å². The average Bonchev–Trinajstić information content (AvgIpc) is 2.37. The van der Waals surface area contributed by atoms with Gasteiger partial charge in [0, 0.05) is 17.2 Å². The summed E-state index contributed by atoms with van der Waals surface area (Å²) in [4.78, 5) is 10.9. The van der Waals surface area contributed by atoms with Gasteiger partial charge >= 0.3 is 0 Å². The van der Waals surface area contributed by atoms with Crippen molar-refractivity contribution in [1.82, 2.24) is 0 Å². The van der Waals surface area contributed by atoms with Gasteiger partial charge in [-0.1, -0.05) is 12.1 Å². The van der Waals surface area contributed by atoms with E-state index in [1.165, 1.54) is 24.3 Å². The minimum atomic E-state index is -0.681. The van der Waals surface area contributed by atoms with Crippen LogP contribution in [-0.2, 0) is 6.61 Å². The van der Waals surface area contributed by atoms with E-state index in [4.69, 9.17) is 10.5 Å². The molecule has 2 rings (SSSR count). The molecule has 0 atom stereocenters. The van der Waals surface area contributed by atoms with Crippen LogP contribution in [-0.4, -0.2) is 11.0 Å². The predicted octanol–water partition coefficient (Wildman–Crippen LogP) is 2.21. The molecular formula is C14H12FNO3. The van der Waals surface area contributed by atoms with E-state index < -0.39 is 11.7 Å². The summed E-state index contributed by atoms with van der Waals surface area (Å²) in [6, 6.07) is 10.2. The molecule has 0 fully saturated rings. The van der Waals surface area contributed by atoms with Crippen molar-refractivity contribution in [2.24, 2.45) is 5.73 Å². The van der Waals surface area contributed by atoms with Crippen LogP contribution >= 0.6 is 0 Å². The van der Waals surface area contributed by atoms with E-state index in [0.29, 0.717) is 11.3 Å². The predicted molar refractivity (Wildman–Crippen MR) is 67.4 cm³/mol. The zero-order valence-corrected chi connectivity index (χ0v) is 9.97. The maximum Gasteiger partial charge on any atom is 0.248 e. The molecule has 0 aliphatic rings. The Kier molecular flexibility index (Phi) is 3.66. The third-order valence-electron chi connectivity index (χ3n) is 2.55. The van der Waals surface area contributed by atoms with Crippen molar-refractivity contribution in [2.45, 2.75) is 6.61 Å². The molecular weight excluding hydrogens is 249 g/mol. The second kappa shape index (κ2) is 5.39. The van der Waals surface area contributed by atoms with Crippen LogP contribution in [0.3, 0.4) is 0 Å². The van der Waals surface area contributed by atoms with Gasteiger partial charge in [0.1, 0.15) is 23.9 Å². The van der Waals surface area contributed by atoms with Gasteiger partial charge in [-0.15, -0.1) is 0 Å². The number of nitrogens with two attached hydrogens (primary N) is 1. The first-order chi connectivity index (χ1) is 9.06. The smallest absolute Gasteiger partial charge is 0.248 e. The first-order valence-corrected chi connectivity index (χ1v) is 5.56. The van der Waals surface area contributed by atoms with Gasteiger partial charge in [0.15, 0.2) is 0 Å². The molecule has 2 aromatic rings. The number of phenols is 1. The van der Waals surface area contributed by atoms with Crippen molar-refractivity contribution >= 4 is 5.91 Å². The minimum absolute atomic E-state index is 0.00563. The lowest BCUT2D eigenvalue weighted by atomic mass is 10.1. The van der Waals surface area contributed by atoms with E-state index in [-0.39, 0.29) is 17.9 Å². The standard InChI is InChI=1S/C14H12FNO3/c15-13-6-9(14(16)18)4-5-10(13)8-19-12-3-1-2-11(17)7-12/h1-7,17H,8H2,(H2,16,18). The number of carbonyl (C=O) groups is 1. The first-order valence-electron chi connectivity index (χ1n) is 5.56. The Morgan fingerprint density at radius 3 is 2.68 bits per heavy atom. The van der Waals surface area contributed by atoms with E-state index in [9.17, 15) is 14.3 Å². The van der Waals surface area contributed by atoms with Gasteiger partial charge in [0.05, 0.1) is 0 Å². The monoisotopic (exact) mass is 261 g/mol. The molecule has 19 heavy (non-hydrogen) atoms. The number of ether oxygens (including phenoxy) is 1. The zero-order chi connectivity index (χ0) is 13.8. The molecule has 0 bridgehead atoms. The number of benzene rings is 2. The Bertz CT molecular complexity index is 613. The van der Waals surface area contributed by atoms with E-state index in [1.807, 2.05) is 0 Å². The number of carbonyl (C=O) groups excluding carboxylic acids is 1. The van der Waals surface area contributed by atoms with Crippen LogP contribution in [0.4, 0.5) is 4.39 Å². The van der Waals surface area contributed by atoms with E-state index in [0.717, 1.165) is 6.07 Å². The number of hydrogen-bond acceptors (Lipinski definition) is 3. The Balaban J connectivity index is 2.10. The summed E-state index contributed by atoms with van der Waals surface area (Å²) in [5, 5.41) is 9.26. The van der Waals surface area contributed by atoms with Gasteiger partial charge in [-0.25, -0.2) is 4.39 Å².